The van der Waals surface area contributed by atoms with Gasteiger partial charge in [0.25, 0.3) is 5.91 Å². The Bertz CT molecular complexity index is 808. The Hall–Kier alpha value is -2.67. The predicted octanol–water partition coefficient (Wildman–Crippen LogP) is 1.94. The molecule has 0 fully saturated rings. The van der Waals surface area contributed by atoms with Crippen LogP contribution in [0.5, 0.6) is 0 Å². The van der Waals surface area contributed by atoms with Crippen molar-refractivity contribution in [3.05, 3.63) is 53.3 Å². The molecule has 22 heavy (non-hydrogen) atoms. The summed E-state index contributed by atoms with van der Waals surface area (Å²) in [4.78, 5) is 28.9. The predicted molar refractivity (Wildman–Crippen MR) is 85.2 cm³/mol. The van der Waals surface area contributed by atoms with Crippen LogP contribution in [0.2, 0.25) is 0 Å². The van der Waals surface area contributed by atoms with E-state index in [4.69, 9.17) is 0 Å². The molecule has 0 radical (unpaired) electrons. The molecule has 1 aromatic carbocycles. The summed E-state index contributed by atoms with van der Waals surface area (Å²) in [6.45, 7) is 0. The van der Waals surface area contributed by atoms with Gasteiger partial charge in [0, 0.05) is 36.1 Å². The first-order chi connectivity index (χ1) is 10.7. The highest BCUT2D eigenvalue weighted by Crippen LogP contribution is 2.14. The van der Waals surface area contributed by atoms with Crippen LogP contribution >= 0.6 is 11.3 Å². The van der Waals surface area contributed by atoms with Crippen molar-refractivity contribution in [3.63, 3.8) is 0 Å². The van der Waals surface area contributed by atoms with E-state index >= 15 is 0 Å². The molecule has 2 N–H and O–H groups in total. The number of fused-ring (bicyclic) bond motifs is 1. The zero-order valence-corrected chi connectivity index (χ0v) is 12.7. The second-order valence-corrected chi connectivity index (χ2v) is 5.58. The normalized spacial score (nSPS) is 10.6. The van der Waals surface area contributed by atoms with E-state index in [2.05, 4.69) is 15.6 Å². The van der Waals surface area contributed by atoms with E-state index in [9.17, 15) is 9.59 Å². The molecule has 0 aliphatic rings. The van der Waals surface area contributed by atoms with Gasteiger partial charge in [-0.15, -0.1) is 11.3 Å². The van der Waals surface area contributed by atoms with Crippen LogP contribution in [-0.2, 0) is 11.2 Å². The summed E-state index contributed by atoms with van der Waals surface area (Å²) in [5.74, 6) is -0.356. The van der Waals surface area contributed by atoms with Crippen molar-refractivity contribution in [2.45, 2.75) is 6.42 Å². The smallest absolute Gasteiger partial charge is 0.251 e. The number of hydrogen-bond acceptors (Lipinski definition) is 4. The number of hydrogen-bond donors (Lipinski definition) is 2. The summed E-state index contributed by atoms with van der Waals surface area (Å²) in [6, 6.07) is 6.81. The summed E-state index contributed by atoms with van der Waals surface area (Å²) < 4.78 is 1.89. The number of carbonyl (C=O) groups excluding carboxylic acids is 2. The minimum absolute atomic E-state index is 0.167. The van der Waals surface area contributed by atoms with Gasteiger partial charge in [-0.3, -0.25) is 14.0 Å². The second-order valence-electron chi connectivity index (χ2n) is 4.71. The second kappa shape index (κ2) is 5.98. The molecule has 0 aliphatic heterocycles. The third-order valence-electron chi connectivity index (χ3n) is 3.12. The van der Waals surface area contributed by atoms with Gasteiger partial charge >= 0.3 is 0 Å². The monoisotopic (exact) mass is 314 g/mol. The third-order valence-corrected chi connectivity index (χ3v) is 3.89. The van der Waals surface area contributed by atoms with Gasteiger partial charge in [-0.25, -0.2) is 4.98 Å². The SMILES string of the molecule is CNC(=O)c1cccc(NC(=O)Cc2cn3ccsc3n2)c1. The number of amides is 2. The molecule has 0 atom stereocenters. The van der Waals surface area contributed by atoms with E-state index in [1.54, 1.807) is 31.3 Å². The zero-order chi connectivity index (χ0) is 15.5. The van der Waals surface area contributed by atoms with E-state index in [1.165, 1.54) is 11.3 Å². The fourth-order valence-corrected chi connectivity index (χ4v) is 2.83. The van der Waals surface area contributed by atoms with Crippen molar-refractivity contribution in [2.24, 2.45) is 0 Å². The number of imidazole rings is 1. The number of carbonyl (C=O) groups is 2. The van der Waals surface area contributed by atoms with Crippen LogP contribution in [0.25, 0.3) is 4.96 Å². The summed E-state index contributed by atoms with van der Waals surface area (Å²) in [6.07, 6.45) is 3.94. The van der Waals surface area contributed by atoms with Crippen LogP contribution in [0.1, 0.15) is 16.1 Å². The van der Waals surface area contributed by atoms with Crippen molar-refractivity contribution in [2.75, 3.05) is 12.4 Å². The number of anilines is 1. The van der Waals surface area contributed by atoms with Crippen molar-refractivity contribution in [1.82, 2.24) is 14.7 Å². The van der Waals surface area contributed by atoms with Crippen molar-refractivity contribution in [1.29, 1.82) is 0 Å². The van der Waals surface area contributed by atoms with Gasteiger partial charge in [-0.05, 0) is 18.2 Å². The van der Waals surface area contributed by atoms with Crippen LogP contribution in [0.3, 0.4) is 0 Å². The van der Waals surface area contributed by atoms with Crippen LogP contribution in [0.4, 0.5) is 5.69 Å². The standard InChI is InChI=1S/C15H14N4O2S/c1-16-14(21)10-3-2-4-11(7-10)17-13(20)8-12-9-19-5-6-22-15(19)18-12/h2-7,9H,8H2,1H3,(H,16,21)(H,17,20). The van der Waals surface area contributed by atoms with Crippen molar-refractivity contribution in [3.8, 4) is 0 Å². The Morgan fingerprint density at radius 2 is 2.23 bits per heavy atom. The van der Waals surface area contributed by atoms with Gasteiger partial charge in [-0.2, -0.15) is 0 Å². The van der Waals surface area contributed by atoms with Crippen LogP contribution < -0.4 is 10.6 Å². The van der Waals surface area contributed by atoms with E-state index in [1.807, 2.05) is 22.2 Å². The fraction of sp³-hybridized carbons (Fsp3) is 0.133. The fourth-order valence-electron chi connectivity index (χ4n) is 2.11. The highest BCUT2D eigenvalue weighted by atomic mass is 32.1. The highest BCUT2D eigenvalue weighted by molar-refractivity contribution is 7.15. The van der Waals surface area contributed by atoms with Gasteiger partial charge in [0.2, 0.25) is 5.91 Å². The summed E-state index contributed by atoms with van der Waals surface area (Å²) in [5.41, 5.74) is 1.81. The number of rotatable bonds is 4. The van der Waals surface area contributed by atoms with Crippen LogP contribution in [0.15, 0.2) is 42.0 Å². The number of nitrogens with one attached hydrogen (secondary N) is 2. The molecule has 0 saturated carbocycles. The van der Waals surface area contributed by atoms with Gasteiger partial charge in [0.1, 0.15) is 0 Å². The van der Waals surface area contributed by atoms with Crippen molar-refractivity contribution < 1.29 is 9.59 Å². The maximum atomic E-state index is 12.1. The summed E-state index contributed by atoms with van der Waals surface area (Å²) in [5, 5.41) is 7.27. The molecular formula is C15H14N4O2S. The summed E-state index contributed by atoms with van der Waals surface area (Å²) in [7, 11) is 1.57. The first kappa shape index (κ1) is 14.3. The summed E-state index contributed by atoms with van der Waals surface area (Å²) >= 11 is 1.52. The molecule has 0 spiro atoms. The first-order valence-corrected chi connectivity index (χ1v) is 7.57. The quantitative estimate of drug-likeness (QED) is 0.773. The molecule has 0 bridgehead atoms. The molecule has 2 amide bonds. The Morgan fingerprint density at radius 1 is 1.36 bits per heavy atom. The minimum Gasteiger partial charge on any atom is -0.355 e. The van der Waals surface area contributed by atoms with Crippen LogP contribution in [0, 0.1) is 0 Å². The van der Waals surface area contributed by atoms with E-state index < -0.39 is 0 Å². The number of thiazole rings is 1. The van der Waals surface area contributed by atoms with E-state index in [-0.39, 0.29) is 18.2 Å². The van der Waals surface area contributed by atoms with Gasteiger partial charge in [0.05, 0.1) is 12.1 Å². The lowest BCUT2D eigenvalue weighted by Gasteiger charge is -2.06. The number of aromatic nitrogens is 2. The molecular weight excluding hydrogens is 300 g/mol. The Morgan fingerprint density at radius 3 is 3.00 bits per heavy atom. The topological polar surface area (TPSA) is 75.5 Å². The van der Waals surface area contributed by atoms with Crippen molar-refractivity contribution >= 4 is 33.8 Å². The number of benzene rings is 1. The first-order valence-electron chi connectivity index (χ1n) is 6.69. The molecule has 2 heterocycles. The number of nitrogens with zero attached hydrogens (tertiary/aromatic N) is 2. The van der Waals surface area contributed by atoms with Gasteiger partial charge in [0.15, 0.2) is 4.96 Å². The molecule has 3 aromatic rings. The molecule has 6 nitrogen and oxygen atoms in total. The van der Waals surface area contributed by atoms with Crippen LogP contribution in [-0.4, -0.2) is 28.2 Å². The lowest BCUT2D eigenvalue weighted by atomic mass is 10.2. The van der Waals surface area contributed by atoms with E-state index in [0.29, 0.717) is 16.9 Å². The largest absolute Gasteiger partial charge is 0.355 e. The Kier molecular flexibility index (Phi) is 3.88. The van der Waals surface area contributed by atoms with Gasteiger partial charge < -0.3 is 10.6 Å². The average molecular weight is 314 g/mol. The molecule has 0 saturated heterocycles. The molecule has 3 rings (SSSR count). The lowest BCUT2D eigenvalue weighted by Crippen LogP contribution is -2.19. The molecule has 0 aliphatic carbocycles. The molecule has 2 aromatic heterocycles. The molecule has 0 unspecified atom stereocenters. The maximum Gasteiger partial charge on any atom is 0.251 e. The third kappa shape index (κ3) is 2.99. The van der Waals surface area contributed by atoms with E-state index in [0.717, 1.165) is 4.96 Å². The average Bonchev–Trinajstić information content (AvgIpc) is 3.07. The molecule has 7 heteroatoms. The Balaban J connectivity index is 1.68. The zero-order valence-electron chi connectivity index (χ0n) is 11.9. The maximum absolute atomic E-state index is 12.1. The molecule has 112 valence electrons. The van der Waals surface area contributed by atoms with Gasteiger partial charge in [-0.1, -0.05) is 6.07 Å². The lowest BCUT2D eigenvalue weighted by molar-refractivity contribution is -0.115. The Labute approximate surface area is 130 Å². The minimum atomic E-state index is -0.189. The highest BCUT2D eigenvalue weighted by Gasteiger charge is 2.10.